The number of nitrogens with one attached hydrogen (secondary N) is 2. The van der Waals surface area contributed by atoms with Gasteiger partial charge < -0.3 is 10.6 Å². The van der Waals surface area contributed by atoms with Gasteiger partial charge in [-0.2, -0.15) is 13.9 Å². The molecule has 0 amide bonds. The summed E-state index contributed by atoms with van der Waals surface area (Å²) >= 11 is 5.75. The first-order chi connectivity index (χ1) is 11.4. The lowest BCUT2D eigenvalue weighted by molar-refractivity contribution is 0.252. The summed E-state index contributed by atoms with van der Waals surface area (Å²) in [5.74, 6) is -2.41. The molecular formula is C16H20F2N4S2. The van der Waals surface area contributed by atoms with Crippen LogP contribution >= 0.6 is 24.0 Å². The fraction of sp³-hybridized carbons (Fsp3) is 0.375. The summed E-state index contributed by atoms with van der Waals surface area (Å²) in [5, 5.41) is 11.1. The number of rotatable bonds is 7. The third-order valence-electron chi connectivity index (χ3n) is 3.27. The van der Waals surface area contributed by atoms with Crippen molar-refractivity contribution in [2.75, 3.05) is 11.9 Å². The minimum Gasteiger partial charge on any atom is -0.362 e. The lowest BCUT2D eigenvalue weighted by Gasteiger charge is -2.11. The van der Waals surface area contributed by atoms with Gasteiger partial charge in [-0.05, 0) is 62.8 Å². The standard InChI is InChI=1S/C16H20F2N4S2/c1-11-10-12(2)22(21-11)9-3-8-19-16(23)20-13-4-6-14(7-5-13)24-15(17)18/h4-7,10,15H,3,8-9H2,1-2H3,(H2,19,20,23). The Kier molecular flexibility index (Phi) is 6.99. The SMILES string of the molecule is Cc1cc(C)n(CCCNC(=S)Nc2ccc(SC(F)F)cc2)n1. The number of hydrogen-bond acceptors (Lipinski definition) is 3. The highest BCUT2D eigenvalue weighted by atomic mass is 32.2. The van der Waals surface area contributed by atoms with Gasteiger partial charge in [-0.15, -0.1) is 0 Å². The molecule has 0 aliphatic rings. The minimum absolute atomic E-state index is 0.512. The average molecular weight is 370 g/mol. The first kappa shape index (κ1) is 18.7. The van der Waals surface area contributed by atoms with Crippen molar-refractivity contribution in [3.63, 3.8) is 0 Å². The number of hydrogen-bond donors (Lipinski definition) is 2. The van der Waals surface area contributed by atoms with E-state index in [0.717, 1.165) is 36.6 Å². The molecule has 0 fully saturated rings. The third-order valence-corrected chi connectivity index (χ3v) is 4.24. The fourth-order valence-electron chi connectivity index (χ4n) is 2.23. The molecule has 130 valence electrons. The molecule has 2 rings (SSSR count). The van der Waals surface area contributed by atoms with Gasteiger partial charge in [0, 0.05) is 29.4 Å². The third kappa shape index (κ3) is 6.09. The van der Waals surface area contributed by atoms with Crippen LogP contribution in [0.25, 0.3) is 0 Å². The number of alkyl halides is 2. The molecule has 2 aromatic rings. The van der Waals surface area contributed by atoms with E-state index >= 15 is 0 Å². The Bertz CT molecular complexity index is 671. The Morgan fingerprint density at radius 2 is 2.00 bits per heavy atom. The number of anilines is 1. The van der Waals surface area contributed by atoms with Gasteiger partial charge in [0.1, 0.15) is 0 Å². The van der Waals surface area contributed by atoms with E-state index in [1.54, 1.807) is 24.3 Å². The Morgan fingerprint density at radius 3 is 2.58 bits per heavy atom. The van der Waals surface area contributed by atoms with E-state index in [0.29, 0.717) is 21.8 Å². The van der Waals surface area contributed by atoms with Crippen molar-refractivity contribution in [1.82, 2.24) is 15.1 Å². The topological polar surface area (TPSA) is 41.9 Å². The van der Waals surface area contributed by atoms with E-state index in [2.05, 4.69) is 21.8 Å². The average Bonchev–Trinajstić information content (AvgIpc) is 2.83. The molecule has 0 radical (unpaired) electrons. The van der Waals surface area contributed by atoms with Gasteiger partial charge in [0.2, 0.25) is 0 Å². The first-order valence-corrected chi connectivity index (χ1v) is 8.83. The molecule has 0 aliphatic heterocycles. The smallest absolute Gasteiger partial charge is 0.288 e. The highest BCUT2D eigenvalue weighted by Gasteiger charge is 2.05. The Labute approximate surface area is 150 Å². The molecule has 1 heterocycles. The monoisotopic (exact) mass is 370 g/mol. The van der Waals surface area contributed by atoms with Crippen LogP contribution in [0.5, 0.6) is 0 Å². The summed E-state index contributed by atoms with van der Waals surface area (Å²) < 4.78 is 26.5. The van der Waals surface area contributed by atoms with Crippen molar-refractivity contribution < 1.29 is 8.78 Å². The molecule has 0 saturated heterocycles. The maximum absolute atomic E-state index is 12.3. The molecule has 4 nitrogen and oxygen atoms in total. The molecule has 24 heavy (non-hydrogen) atoms. The zero-order chi connectivity index (χ0) is 17.5. The van der Waals surface area contributed by atoms with Crippen molar-refractivity contribution in [2.45, 2.75) is 37.5 Å². The van der Waals surface area contributed by atoms with Crippen LogP contribution in [-0.4, -0.2) is 27.2 Å². The van der Waals surface area contributed by atoms with Crippen LogP contribution in [0.2, 0.25) is 0 Å². The Balaban J connectivity index is 1.70. The summed E-state index contributed by atoms with van der Waals surface area (Å²) in [6.45, 7) is 5.57. The van der Waals surface area contributed by atoms with Crippen LogP contribution in [-0.2, 0) is 6.54 Å². The number of thioether (sulfide) groups is 1. The molecule has 0 spiro atoms. The van der Waals surface area contributed by atoms with E-state index < -0.39 is 5.76 Å². The first-order valence-electron chi connectivity index (χ1n) is 7.55. The van der Waals surface area contributed by atoms with Crippen LogP contribution in [0.4, 0.5) is 14.5 Å². The lowest BCUT2D eigenvalue weighted by atomic mass is 10.3. The Hall–Kier alpha value is -1.67. The summed E-state index contributed by atoms with van der Waals surface area (Å²) in [4.78, 5) is 0.527. The van der Waals surface area contributed by atoms with E-state index in [-0.39, 0.29) is 0 Å². The van der Waals surface area contributed by atoms with Gasteiger partial charge in [-0.1, -0.05) is 11.8 Å². The molecular weight excluding hydrogens is 350 g/mol. The highest BCUT2D eigenvalue weighted by Crippen LogP contribution is 2.26. The summed E-state index contributed by atoms with van der Waals surface area (Å²) in [7, 11) is 0. The second kappa shape index (κ2) is 8.98. The highest BCUT2D eigenvalue weighted by molar-refractivity contribution is 7.99. The molecule has 8 heteroatoms. The van der Waals surface area contributed by atoms with Gasteiger partial charge in [-0.3, -0.25) is 4.68 Å². The summed E-state index contributed by atoms with van der Waals surface area (Å²) in [6.07, 6.45) is 0.897. The van der Waals surface area contributed by atoms with Crippen molar-refractivity contribution in [2.24, 2.45) is 0 Å². The van der Waals surface area contributed by atoms with E-state index in [9.17, 15) is 8.78 Å². The second-order valence-corrected chi connectivity index (χ2v) is 6.76. The molecule has 1 aromatic carbocycles. The number of aromatic nitrogens is 2. The van der Waals surface area contributed by atoms with Crippen molar-refractivity contribution in [3.8, 4) is 0 Å². The number of nitrogens with zero attached hydrogens (tertiary/aromatic N) is 2. The van der Waals surface area contributed by atoms with Gasteiger partial charge in [0.05, 0.1) is 5.69 Å². The van der Waals surface area contributed by atoms with Crippen LogP contribution < -0.4 is 10.6 Å². The normalized spacial score (nSPS) is 10.9. The number of thiocarbonyl (C=S) groups is 1. The van der Waals surface area contributed by atoms with Crippen molar-refractivity contribution >= 4 is 34.8 Å². The summed E-state index contributed by atoms with van der Waals surface area (Å²) in [5.41, 5.74) is 2.94. The van der Waals surface area contributed by atoms with Crippen LogP contribution in [0.15, 0.2) is 35.2 Å². The number of halogens is 2. The van der Waals surface area contributed by atoms with Gasteiger partial charge >= 0.3 is 0 Å². The zero-order valence-electron chi connectivity index (χ0n) is 13.6. The lowest BCUT2D eigenvalue weighted by Crippen LogP contribution is -2.29. The molecule has 0 unspecified atom stereocenters. The van der Waals surface area contributed by atoms with E-state index in [1.165, 1.54) is 0 Å². The predicted molar refractivity (Wildman–Crippen MR) is 98.8 cm³/mol. The predicted octanol–water partition coefficient (Wildman–Crippen LogP) is 4.19. The second-order valence-electron chi connectivity index (χ2n) is 5.29. The summed E-state index contributed by atoms with van der Waals surface area (Å²) in [6, 6.07) is 8.80. The molecule has 0 atom stereocenters. The maximum atomic E-state index is 12.3. The van der Waals surface area contributed by atoms with E-state index in [4.69, 9.17) is 12.2 Å². The van der Waals surface area contributed by atoms with Gasteiger partial charge in [0.25, 0.3) is 5.76 Å². The maximum Gasteiger partial charge on any atom is 0.288 e. The molecule has 0 aliphatic carbocycles. The van der Waals surface area contributed by atoms with E-state index in [1.807, 2.05) is 18.5 Å². The van der Waals surface area contributed by atoms with Gasteiger partial charge in [0.15, 0.2) is 5.11 Å². The minimum atomic E-state index is -2.41. The zero-order valence-corrected chi connectivity index (χ0v) is 15.2. The largest absolute Gasteiger partial charge is 0.362 e. The molecule has 1 aromatic heterocycles. The van der Waals surface area contributed by atoms with Crippen LogP contribution in [0, 0.1) is 13.8 Å². The number of aryl methyl sites for hydroxylation is 3. The molecule has 2 N–H and O–H groups in total. The molecule has 0 saturated carbocycles. The van der Waals surface area contributed by atoms with Crippen molar-refractivity contribution in [3.05, 3.63) is 41.7 Å². The Morgan fingerprint density at radius 1 is 1.29 bits per heavy atom. The van der Waals surface area contributed by atoms with Crippen molar-refractivity contribution in [1.29, 1.82) is 0 Å². The molecule has 0 bridgehead atoms. The fourth-order valence-corrected chi connectivity index (χ4v) is 2.95. The van der Waals surface area contributed by atoms with Crippen LogP contribution in [0.3, 0.4) is 0 Å². The van der Waals surface area contributed by atoms with Crippen LogP contribution in [0.1, 0.15) is 17.8 Å². The van der Waals surface area contributed by atoms with Gasteiger partial charge in [-0.25, -0.2) is 0 Å². The number of benzene rings is 1. The quantitative estimate of drug-likeness (QED) is 0.435.